The van der Waals surface area contributed by atoms with Gasteiger partial charge in [0.1, 0.15) is 0 Å². The van der Waals surface area contributed by atoms with Crippen molar-refractivity contribution in [3.8, 4) is 0 Å². The van der Waals surface area contributed by atoms with Crippen molar-refractivity contribution in [2.45, 2.75) is 0 Å². The van der Waals surface area contributed by atoms with Gasteiger partial charge in [-0.15, -0.1) is 0 Å². The summed E-state index contributed by atoms with van der Waals surface area (Å²) in [6.45, 7) is 0. The Morgan fingerprint density at radius 2 is 2.30 bits per heavy atom. The van der Waals surface area contributed by atoms with Crippen LogP contribution < -0.4 is 0 Å². The van der Waals surface area contributed by atoms with Crippen LogP contribution in [0.5, 0.6) is 0 Å². The Labute approximate surface area is 62.1 Å². The van der Waals surface area contributed by atoms with Gasteiger partial charge in [0.05, 0.1) is 17.4 Å². The molecule has 0 saturated carbocycles. The Hall–Kier alpha value is -1.16. The van der Waals surface area contributed by atoms with Crippen LogP contribution in [-0.2, 0) is 0 Å². The topological polar surface area (TPSA) is 44.5 Å². The summed E-state index contributed by atoms with van der Waals surface area (Å²) < 4.78 is 0.610. The number of H-pyrrole nitrogens is 2. The van der Waals surface area contributed by atoms with Gasteiger partial charge in [-0.1, -0.05) is 12.2 Å². The van der Waals surface area contributed by atoms with E-state index in [-0.39, 0.29) is 0 Å². The lowest BCUT2D eigenvalue weighted by Gasteiger charge is -1.86. The molecule has 0 fully saturated rings. The minimum atomic E-state index is 0.610. The highest BCUT2D eigenvalue weighted by Gasteiger charge is 1.92. The third kappa shape index (κ3) is 0.657. The molecule has 0 aliphatic rings. The summed E-state index contributed by atoms with van der Waals surface area (Å²) in [6.07, 6.45) is 3.43. The van der Waals surface area contributed by atoms with Gasteiger partial charge in [-0.25, -0.2) is 4.98 Å². The monoisotopic (exact) mass is 151 g/mol. The van der Waals surface area contributed by atoms with Gasteiger partial charge >= 0.3 is 0 Å². The fourth-order valence-corrected chi connectivity index (χ4v) is 1.11. The van der Waals surface area contributed by atoms with Crippen LogP contribution in [0.25, 0.3) is 11.0 Å². The van der Waals surface area contributed by atoms with Crippen LogP contribution in [0.15, 0.2) is 18.6 Å². The van der Waals surface area contributed by atoms with Gasteiger partial charge in [-0.05, 0) is 6.07 Å². The molecule has 0 atom stereocenters. The van der Waals surface area contributed by atoms with Gasteiger partial charge in [0.25, 0.3) is 0 Å². The minimum Gasteiger partial charge on any atom is -0.357 e. The van der Waals surface area contributed by atoms with E-state index in [0.717, 1.165) is 11.0 Å². The zero-order valence-electron chi connectivity index (χ0n) is 5.09. The molecule has 3 nitrogen and oxygen atoms in total. The van der Waals surface area contributed by atoms with E-state index < -0.39 is 0 Å². The van der Waals surface area contributed by atoms with Crippen molar-refractivity contribution in [1.29, 1.82) is 0 Å². The predicted molar refractivity (Wildman–Crippen MR) is 41.3 cm³/mol. The van der Waals surface area contributed by atoms with Crippen molar-refractivity contribution in [2.24, 2.45) is 0 Å². The second kappa shape index (κ2) is 1.91. The van der Waals surface area contributed by atoms with Crippen LogP contribution in [0.1, 0.15) is 0 Å². The Morgan fingerprint density at radius 3 is 3.10 bits per heavy atom. The van der Waals surface area contributed by atoms with Gasteiger partial charge in [0.2, 0.25) is 0 Å². The first-order chi connectivity index (χ1) is 4.88. The fraction of sp³-hybridized carbons (Fsp3) is 0. The summed E-state index contributed by atoms with van der Waals surface area (Å²) in [4.78, 5) is 9.86. The summed E-state index contributed by atoms with van der Waals surface area (Å²) in [5.74, 6) is 0. The van der Waals surface area contributed by atoms with Gasteiger partial charge in [-0.2, -0.15) is 0 Å². The van der Waals surface area contributed by atoms with E-state index in [2.05, 4.69) is 15.0 Å². The van der Waals surface area contributed by atoms with Crippen LogP contribution >= 0.6 is 12.2 Å². The average molecular weight is 151 g/mol. The second-order valence-corrected chi connectivity index (χ2v) is 2.36. The van der Waals surface area contributed by atoms with Crippen molar-refractivity contribution in [3.05, 3.63) is 23.2 Å². The maximum atomic E-state index is 4.95. The molecule has 2 N–H and O–H groups in total. The summed E-state index contributed by atoms with van der Waals surface area (Å²) >= 11 is 4.95. The third-order valence-corrected chi connectivity index (χ3v) is 1.67. The molecular weight excluding hydrogens is 146 g/mol. The molecule has 0 bridgehead atoms. The standard InChI is InChI=1S/C6H5N3S/c10-6-5-4(1-2-7-5)8-3-9-6/h1-3,7H,(H,8,9,10). The molecule has 0 aliphatic carbocycles. The highest BCUT2D eigenvalue weighted by molar-refractivity contribution is 7.71. The fourth-order valence-electron chi connectivity index (χ4n) is 0.892. The van der Waals surface area contributed by atoms with Crippen molar-refractivity contribution in [2.75, 3.05) is 0 Å². The van der Waals surface area contributed by atoms with Crippen LogP contribution in [-0.4, -0.2) is 15.0 Å². The van der Waals surface area contributed by atoms with E-state index in [0.29, 0.717) is 4.64 Å². The normalized spacial score (nSPS) is 10.4. The number of fused-ring (bicyclic) bond motifs is 1. The van der Waals surface area contributed by atoms with Crippen molar-refractivity contribution in [1.82, 2.24) is 15.0 Å². The lowest BCUT2D eigenvalue weighted by molar-refractivity contribution is 1.20. The summed E-state index contributed by atoms with van der Waals surface area (Å²) in [6, 6.07) is 1.92. The molecule has 0 spiro atoms. The molecule has 0 aliphatic heterocycles. The van der Waals surface area contributed by atoms with Crippen LogP contribution in [0.4, 0.5) is 0 Å². The first-order valence-corrected chi connectivity index (χ1v) is 3.29. The van der Waals surface area contributed by atoms with Gasteiger partial charge in [0, 0.05) is 6.20 Å². The first-order valence-electron chi connectivity index (χ1n) is 2.89. The number of aromatic nitrogens is 3. The minimum absolute atomic E-state index is 0.610. The first kappa shape index (κ1) is 5.61. The zero-order chi connectivity index (χ0) is 6.97. The number of nitrogens with one attached hydrogen (secondary N) is 2. The van der Waals surface area contributed by atoms with E-state index >= 15 is 0 Å². The molecule has 50 valence electrons. The number of nitrogens with zero attached hydrogens (tertiary/aromatic N) is 1. The largest absolute Gasteiger partial charge is 0.357 e. The molecule has 0 amide bonds. The molecule has 2 heterocycles. The summed E-state index contributed by atoms with van der Waals surface area (Å²) in [7, 11) is 0. The van der Waals surface area contributed by atoms with Crippen LogP contribution in [0.3, 0.4) is 0 Å². The van der Waals surface area contributed by atoms with E-state index in [1.165, 1.54) is 0 Å². The molecule has 2 rings (SSSR count). The quantitative estimate of drug-likeness (QED) is 0.562. The van der Waals surface area contributed by atoms with E-state index in [1.54, 1.807) is 6.33 Å². The van der Waals surface area contributed by atoms with Crippen molar-refractivity contribution in [3.63, 3.8) is 0 Å². The molecule has 4 heteroatoms. The number of hydrogen-bond donors (Lipinski definition) is 2. The van der Waals surface area contributed by atoms with Crippen molar-refractivity contribution < 1.29 is 0 Å². The molecule has 2 aromatic heterocycles. The third-order valence-electron chi connectivity index (χ3n) is 1.36. The summed E-state index contributed by atoms with van der Waals surface area (Å²) in [5.41, 5.74) is 1.90. The maximum Gasteiger partial charge on any atom is 0.153 e. The zero-order valence-corrected chi connectivity index (χ0v) is 5.90. The van der Waals surface area contributed by atoms with Gasteiger partial charge in [-0.3, -0.25) is 0 Å². The van der Waals surface area contributed by atoms with Crippen LogP contribution in [0, 0.1) is 4.64 Å². The molecular formula is C6H5N3S. The summed E-state index contributed by atoms with van der Waals surface area (Å²) in [5, 5.41) is 0. The Bertz CT molecular complexity index is 400. The molecule has 0 aromatic carbocycles. The van der Waals surface area contributed by atoms with Gasteiger partial charge in [0.15, 0.2) is 4.64 Å². The molecule has 0 unspecified atom stereocenters. The highest BCUT2D eigenvalue weighted by atomic mass is 32.1. The molecule has 2 aromatic rings. The Balaban J connectivity index is 3.09. The molecule has 10 heavy (non-hydrogen) atoms. The Morgan fingerprint density at radius 1 is 1.40 bits per heavy atom. The van der Waals surface area contributed by atoms with Crippen molar-refractivity contribution >= 4 is 23.3 Å². The van der Waals surface area contributed by atoms with E-state index in [1.807, 2.05) is 12.3 Å². The maximum absolute atomic E-state index is 4.95. The lowest BCUT2D eigenvalue weighted by Crippen LogP contribution is -1.78. The number of aromatic amines is 2. The van der Waals surface area contributed by atoms with E-state index in [9.17, 15) is 0 Å². The SMILES string of the molecule is S=c1nc[nH]c2cc[nH]c12. The van der Waals surface area contributed by atoms with Crippen LogP contribution in [0.2, 0.25) is 0 Å². The average Bonchev–Trinajstić information content (AvgIpc) is 2.36. The smallest absolute Gasteiger partial charge is 0.153 e. The van der Waals surface area contributed by atoms with Gasteiger partial charge < -0.3 is 9.97 Å². The predicted octanol–water partition coefficient (Wildman–Crippen LogP) is 1.62. The van der Waals surface area contributed by atoms with E-state index in [4.69, 9.17) is 12.2 Å². The lowest BCUT2D eigenvalue weighted by atomic mass is 10.5. The molecule has 0 saturated heterocycles. The number of rotatable bonds is 0. The highest BCUT2D eigenvalue weighted by Crippen LogP contribution is 2.06. The molecule has 0 radical (unpaired) electrons. The second-order valence-electron chi connectivity index (χ2n) is 1.97. The number of hydrogen-bond acceptors (Lipinski definition) is 2. The Kier molecular flexibility index (Phi) is 1.07.